The molecule has 0 saturated carbocycles. The molecule has 4 N–H and O–H groups in total. The first kappa shape index (κ1) is 18.4. The van der Waals surface area contributed by atoms with E-state index in [1.165, 1.54) is 7.11 Å². The Kier molecular flexibility index (Phi) is 4.56. The van der Waals surface area contributed by atoms with Crippen molar-refractivity contribution >= 4 is 34.9 Å². The summed E-state index contributed by atoms with van der Waals surface area (Å²) in [6.07, 6.45) is 3.48. The van der Waals surface area contributed by atoms with Crippen LogP contribution in [0.5, 0.6) is 5.75 Å². The fraction of sp³-hybridized carbons (Fsp3) is 0.0909. The quantitative estimate of drug-likeness (QED) is 0.359. The summed E-state index contributed by atoms with van der Waals surface area (Å²) in [6.45, 7) is 0. The molecule has 0 bridgehead atoms. The van der Waals surface area contributed by atoms with E-state index in [0.717, 1.165) is 5.56 Å². The molecule has 146 valence electrons. The molecule has 1 aliphatic heterocycles. The maximum absolute atomic E-state index is 12.7. The van der Waals surface area contributed by atoms with Gasteiger partial charge in [-0.2, -0.15) is 0 Å². The van der Waals surface area contributed by atoms with E-state index >= 15 is 0 Å². The maximum atomic E-state index is 12.7. The molecule has 0 aliphatic carbocycles. The minimum Gasteiger partial charge on any atom is -0.495 e. The lowest BCUT2D eigenvalue weighted by molar-refractivity contribution is -0.110. The number of ether oxygens (including phenoxy) is 2. The molecule has 0 saturated heterocycles. The average molecular weight is 389 g/mol. The molecule has 1 amide bonds. The van der Waals surface area contributed by atoms with Gasteiger partial charge in [-0.1, -0.05) is 12.1 Å². The van der Waals surface area contributed by atoms with Crippen LogP contribution in [0.15, 0.2) is 48.7 Å². The first-order valence-electron chi connectivity index (χ1n) is 8.89. The van der Waals surface area contributed by atoms with E-state index < -0.39 is 5.97 Å². The third-order valence-electron chi connectivity index (χ3n) is 4.84. The number of hydrogen-bond acceptors (Lipinski definition) is 5. The van der Waals surface area contributed by atoms with Crippen LogP contribution in [0.4, 0.5) is 11.4 Å². The highest BCUT2D eigenvalue weighted by atomic mass is 16.5. The summed E-state index contributed by atoms with van der Waals surface area (Å²) in [5, 5.41) is 2.88. The Morgan fingerprint density at radius 1 is 1.03 bits per heavy atom. The number of rotatable bonds is 4. The number of anilines is 2. The number of carbonyl (C=O) groups excluding carboxylic acids is 2. The van der Waals surface area contributed by atoms with Gasteiger partial charge in [-0.15, -0.1) is 0 Å². The van der Waals surface area contributed by atoms with Crippen LogP contribution in [0.25, 0.3) is 22.8 Å². The van der Waals surface area contributed by atoms with Crippen molar-refractivity contribution in [3.63, 3.8) is 0 Å². The van der Waals surface area contributed by atoms with Crippen LogP contribution in [-0.4, -0.2) is 31.1 Å². The zero-order chi connectivity index (χ0) is 20.5. The molecule has 0 unspecified atom stereocenters. The third kappa shape index (κ3) is 3.12. The lowest BCUT2D eigenvalue weighted by Gasteiger charge is -2.12. The first-order chi connectivity index (χ1) is 14.0. The van der Waals surface area contributed by atoms with Crippen molar-refractivity contribution in [1.29, 1.82) is 0 Å². The lowest BCUT2D eigenvalue weighted by Crippen LogP contribution is -2.03. The molecule has 1 aliphatic rings. The van der Waals surface area contributed by atoms with Crippen LogP contribution in [-0.2, 0) is 9.53 Å². The summed E-state index contributed by atoms with van der Waals surface area (Å²) >= 11 is 0. The summed E-state index contributed by atoms with van der Waals surface area (Å²) in [5.41, 5.74) is 11.3. The average Bonchev–Trinajstić information content (AvgIpc) is 3.32. The van der Waals surface area contributed by atoms with Crippen molar-refractivity contribution < 1.29 is 19.1 Å². The molecule has 3 aromatic rings. The van der Waals surface area contributed by atoms with Crippen LogP contribution in [0.1, 0.15) is 21.6 Å². The Bertz CT molecular complexity index is 1140. The van der Waals surface area contributed by atoms with Crippen molar-refractivity contribution in [2.75, 3.05) is 25.3 Å². The van der Waals surface area contributed by atoms with Crippen LogP contribution in [0.3, 0.4) is 0 Å². The van der Waals surface area contributed by atoms with Crippen molar-refractivity contribution in [2.24, 2.45) is 0 Å². The predicted octanol–water partition coefficient (Wildman–Crippen LogP) is 3.55. The van der Waals surface area contributed by atoms with E-state index in [-0.39, 0.29) is 5.91 Å². The number of benzene rings is 2. The molecule has 7 heteroatoms. The van der Waals surface area contributed by atoms with Crippen LogP contribution in [0.2, 0.25) is 0 Å². The van der Waals surface area contributed by atoms with Crippen molar-refractivity contribution in [3.8, 4) is 16.9 Å². The fourth-order valence-corrected chi connectivity index (χ4v) is 3.45. The molecular weight excluding hydrogens is 370 g/mol. The van der Waals surface area contributed by atoms with Gasteiger partial charge in [0.15, 0.2) is 0 Å². The molecule has 29 heavy (non-hydrogen) atoms. The standard InChI is InChI=1S/C22H19N3O4/c1-28-18-9-10-24-17(18)11-14-20-16(25-21(14)26)8-7-15(23)19(20)12-3-5-13(6-4-12)22(27)29-2/h3-11,24H,23H2,1-2H3,(H,25,26). The van der Waals surface area contributed by atoms with E-state index in [1.807, 2.05) is 0 Å². The van der Waals surface area contributed by atoms with Gasteiger partial charge in [0.05, 0.1) is 31.1 Å². The summed E-state index contributed by atoms with van der Waals surface area (Å²) < 4.78 is 10.1. The van der Waals surface area contributed by atoms with E-state index in [1.54, 1.807) is 61.8 Å². The first-order valence-corrected chi connectivity index (χ1v) is 8.89. The molecule has 0 atom stereocenters. The summed E-state index contributed by atoms with van der Waals surface area (Å²) in [4.78, 5) is 27.5. The van der Waals surface area contributed by atoms with Gasteiger partial charge in [-0.3, -0.25) is 4.79 Å². The highest BCUT2D eigenvalue weighted by Crippen LogP contribution is 2.43. The Morgan fingerprint density at radius 2 is 1.79 bits per heavy atom. The Morgan fingerprint density at radius 3 is 2.48 bits per heavy atom. The van der Waals surface area contributed by atoms with Crippen LogP contribution in [0, 0.1) is 0 Å². The number of aromatic amines is 1. The predicted molar refractivity (Wildman–Crippen MR) is 111 cm³/mol. The van der Waals surface area contributed by atoms with Gasteiger partial charge in [-0.05, 0) is 42.0 Å². The van der Waals surface area contributed by atoms with Gasteiger partial charge < -0.3 is 25.5 Å². The number of hydrogen-bond donors (Lipinski definition) is 3. The number of nitrogen functional groups attached to an aromatic ring is 1. The number of nitrogens with two attached hydrogens (primary N) is 1. The van der Waals surface area contributed by atoms with Gasteiger partial charge in [0.2, 0.25) is 0 Å². The van der Waals surface area contributed by atoms with E-state index in [2.05, 4.69) is 10.3 Å². The Labute approximate surface area is 167 Å². The molecule has 4 rings (SSSR count). The molecule has 1 aromatic heterocycles. The molecular formula is C22H19N3O4. The number of amides is 1. The highest BCUT2D eigenvalue weighted by molar-refractivity contribution is 6.36. The summed E-state index contributed by atoms with van der Waals surface area (Å²) in [7, 11) is 2.90. The van der Waals surface area contributed by atoms with Gasteiger partial charge in [-0.25, -0.2) is 4.79 Å². The zero-order valence-electron chi connectivity index (χ0n) is 15.9. The van der Waals surface area contributed by atoms with Crippen molar-refractivity contribution in [1.82, 2.24) is 4.98 Å². The number of H-pyrrole nitrogens is 1. The highest BCUT2D eigenvalue weighted by Gasteiger charge is 2.29. The lowest BCUT2D eigenvalue weighted by atomic mass is 9.92. The van der Waals surface area contributed by atoms with E-state index in [4.69, 9.17) is 15.2 Å². The molecule has 0 fully saturated rings. The van der Waals surface area contributed by atoms with Crippen LogP contribution < -0.4 is 15.8 Å². The van der Waals surface area contributed by atoms with Gasteiger partial charge >= 0.3 is 5.97 Å². The Balaban J connectivity index is 1.87. The van der Waals surface area contributed by atoms with Crippen LogP contribution >= 0.6 is 0 Å². The fourth-order valence-electron chi connectivity index (χ4n) is 3.45. The van der Waals surface area contributed by atoms with Gasteiger partial charge in [0.1, 0.15) is 5.75 Å². The van der Waals surface area contributed by atoms with E-state index in [0.29, 0.717) is 45.1 Å². The number of aromatic nitrogens is 1. The molecule has 2 aromatic carbocycles. The molecule has 7 nitrogen and oxygen atoms in total. The second-order valence-electron chi connectivity index (χ2n) is 6.49. The molecule has 0 radical (unpaired) electrons. The second-order valence-corrected chi connectivity index (χ2v) is 6.49. The van der Waals surface area contributed by atoms with Crippen molar-refractivity contribution in [2.45, 2.75) is 0 Å². The zero-order valence-corrected chi connectivity index (χ0v) is 15.9. The molecule has 2 heterocycles. The maximum Gasteiger partial charge on any atom is 0.337 e. The van der Waals surface area contributed by atoms with Gasteiger partial charge in [0, 0.05) is 28.7 Å². The topological polar surface area (TPSA) is 106 Å². The monoisotopic (exact) mass is 389 g/mol. The molecule has 0 spiro atoms. The minimum absolute atomic E-state index is 0.227. The largest absolute Gasteiger partial charge is 0.495 e. The van der Waals surface area contributed by atoms with Crippen molar-refractivity contribution in [3.05, 3.63) is 65.5 Å². The number of methoxy groups -OCH3 is 2. The third-order valence-corrected chi connectivity index (χ3v) is 4.84. The van der Waals surface area contributed by atoms with Gasteiger partial charge in [0.25, 0.3) is 5.91 Å². The normalized spacial score (nSPS) is 13.9. The smallest absolute Gasteiger partial charge is 0.337 e. The number of carbonyl (C=O) groups is 2. The second kappa shape index (κ2) is 7.20. The number of nitrogens with one attached hydrogen (secondary N) is 2. The summed E-state index contributed by atoms with van der Waals surface area (Å²) in [6, 6.07) is 12.2. The number of esters is 1. The van der Waals surface area contributed by atoms with E-state index in [9.17, 15) is 9.59 Å². The summed E-state index contributed by atoms with van der Waals surface area (Å²) in [5.74, 6) is -0.0135. The Hall–Kier alpha value is -4.00. The number of fused-ring (bicyclic) bond motifs is 1. The SMILES string of the molecule is COC(=O)c1ccc(-c2c(N)ccc3c2C(=Cc2[nH]ccc2OC)C(=O)N3)cc1. The minimum atomic E-state index is -0.418.